The van der Waals surface area contributed by atoms with E-state index in [1.165, 1.54) is 12.1 Å². The molecule has 1 aliphatic rings. The summed E-state index contributed by atoms with van der Waals surface area (Å²) >= 11 is 3.14. The van der Waals surface area contributed by atoms with E-state index in [2.05, 4.69) is 26.0 Å². The maximum absolute atomic E-state index is 13.8. The van der Waals surface area contributed by atoms with Crippen molar-refractivity contribution < 1.29 is 17.6 Å². The van der Waals surface area contributed by atoms with Crippen LogP contribution in [0, 0.1) is 5.82 Å². The van der Waals surface area contributed by atoms with E-state index in [1.54, 1.807) is 12.1 Å². The van der Waals surface area contributed by atoms with E-state index in [0.29, 0.717) is 17.6 Å². The van der Waals surface area contributed by atoms with Crippen LogP contribution in [0.2, 0.25) is 0 Å². The number of nitrogens with one attached hydrogen (secondary N) is 2. The van der Waals surface area contributed by atoms with Crippen molar-refractivity contribution in [3.05, 3.63) is 58.3 Å². The van der Waals surface area contributed by atoms with Crippen molar-refractivity contribution in [2.24, 2.45) is 0 Å². The van der Waals surface area contributed by atoms with E-state index < -0.39 is 20.7 Å². The number of piperazine rings is 1. The number of halogens is 2. The number of anilines is 1. The molecule has 6 nitrogen and oxygen atoms in total. The smallest absolute Gasteiger partial charge is 0.243 e. The molecule has 1 saturated heterocycles. The number of carbonyl (C=O) groups is 1. The molecule has 2 aromatic rings. The van der Waals surface area contributed by atoms with Crippen molar-refractivity contribution in [2.45, 2.75) is 11.4 Å². The van der Waals surface area contributed by atoms with Crippen molar-refractivity contribution in [1.29, 1.82) is 0 Å². The number of rotatable bonds is 5. The molecule has 2 aromatic carbocycles. The van der Waals surface area contributed by atoms with Gasteiger partial charge in [0.25, 0.3) is 0 Å². The summed E-state index contributed by atoms with van der Waals surface area (Å²) in [6.07, 6.45) is 0. The van der Waals surface area contributed by atoms with Gasteiger partial charge in [0.2, 0.25) is 15.9 Å². The Morgan fingerprint density at radius 2 is 1.92 bits per heavy atom. The number of hydrogen-bond donors (Lipinski definition) is 2. The van der Waals surface area contributed by atoms with Crippen molar-refractivity contribution in [3.8, 4) is 0 Å². The lowest BCUT2D eigenvalue weighted by molar-refractivity contribution is -0.120. The highest BCUT2D eigenvalue weighted by atomic mass is 79.9. The van der Waals surface area contributed by atoms with Gasteiger partial charge in [0.15, 0.2) is 0 Å². The molecule has 0 atom stereocenters. The summed E-state index contributed by atoms with van der Waals surface area (Å²) < 4.78 is 41.3. The van der Waals surface area contributed by atoms with Gasteiger partial charge < -0.3 is 10.2 Å². The number of amides is 1. The fourth-order valence-electron chi connectivity index (χ4n) is 2.62. The predicted octanol–water partition coefficient (Wildman–Crippen LogP) is 2.00. The van der Waals surface area contributed by atoms with Gasteiger partial charge in [-0.3, -0.25) is 4.79 Å². The molecular weight excluding hydrogens is 425 g/mol. The Morgan fingerprint density at radius 1 is 1.19 bits per heavy atom. The van der Waals surface area contributed by atoms with Crippen molar-refractivity contribution in [1.82, 2.24) is 10.0 Å². The molecule has 0 radical (unpaired) electrons. The lowest BCUT2D eigenvalue weighted by Crippen LogP contribution is -2.47. The summed E-state index contributed by atoms with van der Waals surface area (Å²) in [6.45, 7) is 1.65. The molecule has 0 aromatic heterocycles. The first-order valence-electron chi connectivity index (χ1n) is 7.90. The SMILES string of the molecule is O=C1CN(c2ccc(CNS(=O)(=O)c3cc(Br)ccc3F)cc2)CCN1. The van der Waals surface area contributed by atoms with Crippen molar-refractivity contribution in [3.63, 3.8) is 0 Å². The van der Waals surface area contributed by atoms with Crippen LogP contribution in [-0.4, -0.2) is 34.0 Å². The van der Waals surface area contributed by atoms with Crippen molar-refractivity contribution in [2.75, 3.05) is 24.5 Å². The van der Waals surface area contributed by atoms with Crippen LogP contribution in [0.25, 0.3) is 0 Å². The zero-order valence-corrected chi connectivity index (χ0v) is 16.1. The standard InChI is InChI=1S/C17H17BrFN3O3S/c18-13-3-6-15(19)16(9-13)26(24,25)21-10-12-1-4-14(5-2-12)22-8-7-20-17(23)11-22/h1-6,9,21H,7-8,10-11H2,(H,20,23). The van der Waals surface area contributed by atoms with Crippen LogP contribution in [0.3, 0.4) is 0 Å². The van der Waals surface area contributed by atoms with Crippen LogP contribution in [0.15, 0.2) is 51.8 Å². The highest BCUT2D eigenvalue weighted by molar-refractivity contribution is 9.10. The minimum atomic E-state index is -3.97. The average Bonchev–Trinajstić information content (AvgIpc) is 2.62. The number of hydrogen-bond acceptors (Lipinski definition) is 4. The fourth-order valence-corrected chi connectivity index (χ4v) is 4.25. The summed E-state index contributed by atoms with van der Waals surface area (Å²) in [5, 5.41) is 2.76. The van der Waals surface area contributed by atoms with Crippen LogP contribution < -0.4 is 14.9 Å². The van der Waals surface area contributed by atoms with Crippen LogP contribution >= 0.6 is 15.9 Å². The summed E-state index contributed by atoms with van der Waals surface area (Å²) in [5.41, 5.74) is 1.62. The molecule has 3 rings (SSSR count). The van der Waals surface area contributed by atoms with E-state index >= 15 is 0 Å². The summed E-state index contributed by atoms with van der Waals surface area (Å²) in [4.78, 5) is 13.0. The topological polar surface area (TPSA) is 78.5 Å². The summed E-state index contributed by atoms with van der Waals surface area (Å²) in [5.74, 6) is -0.830. The third kappa shape index (κ3) is 4.40. The molecule has 1 fully saturated rings. The summed E-state index contributed by atoms with van der Waals surface area (Å²) in [7, 11) is -3.97. The Bertz CT molecular complexity index is 919. The molecule has 26 heavy (non-hydrogen) atoms. The molecule has 0 bridgehead atoms. The zero-order valence-electron chi connectivity index (χ0n) is 13.7. The van der Waals surface area contributed by atoms with E-state index in [-0.39, 0.29) is 12.5 Å². The average molecular weight is 442 g/mol. The van der Waals surface area contributed by atoms with Gasteiger partial charge in [-0.25, -0.2) is 17.5 Å². The molecule has 0 unspecified atom stereocenters. The van der Waals surface area contributed by atoms with Gasteiger partial charge in [-0.1, -0.05) is 28.1 Å². The minimum absolute atomic E-state index is 0.0239. The van der Waals surface area contributed by atoms with Gasteiger partial charge in [-0.15, -0.1) is 0 Å². The molecule has 0 aliphatic carbocycles. The Labute approximate surface area is 159 Å². The van der Waals surface area contributed by atoms with Gasteiger partial charge in [0.05, 0.1) is 6.54 Å². The molecule has 138 valence electrons. The number of carbonyl (C=O) groups excluding carboxylic acids is 1. The van der Waals surface area contributed by atoms with E-state index in [4.69, 9.17) is 0 Å². The van der Waals surface area contributed by atoms with Crippen molar-refractivity contribution >= 4 is 37.5 Å². The van der Waals surface area contributed by atoms with Crippen LogP contribution in [0.5, 0.6) is 0 Å². The van der Waals surface area contributed by atoms with Crippen LogP contribution in [0.4, 0.5) is 10.1 Å². The molecular formula is C17H17BrFN3O3S. The third-order valence-electron chi connectivity index (χ3n) is 3.99. The third-order valence-corrected chi connectivity index (χ3v) is 5.90. The highest BCUT2D eigenvalue weighted by Gasteiger charge is 2.19. The normalized spacial score (nSPS) is 15.0. The number of nitrogens with zero attached hydrogens (tertiary/aromatic N) is 1. The van der Waals surface area contributed by atoms with Gasteiger partial charge in [-0.05, 0) is 35.9 Å². The summed E-state index contributed by atoms with van der Waals surface area (Å²) in [6, 6.07) is 11.0. The molecule has 9 heteroatoms. The molecule has 0 saturated carbocycles. The number of sulfonamides is 1. The second-order valence-corrected chi connectivity index (χ2v) is 8.49. The zero-order chi connectivity index (χ0) is 18.7. The fraction of sp³-hybridized carbons (Fsp3) is 0.235. The first-order valence-corrected chi connectivity index (χ1v) is 10.2. The predicted molar refractivity (Wildman–Crippen MR) is 99.8 cm³/mol. The Hall–Kier alpha value is -1.97. The van der Waals surface area contributed by atoms with Gasteiger partial charge in [0.1, 0.15) is 10.7 Å². The Balaban J connectivity index is 1.68. The van der Waals surface area contributed by atoms with E-state index in [1.807, 2.05) is 17.0 Å². The Kier molecular flexibility index (Phi) is 5.59. The molecule has 0 spiro atoms. The lowest BCUT2D eigenvalue weighted by atomic mass is 10.2. The maximum Gasteiger partial charge on any atom is 0.243 e. The van der Waals surface area contributed by atoms with Gasteiger partial charge >= 0.3 is 0 Å². The van der Waals surface area contributed by atoms with Gasteiger partial charge in [0, 0.05) is 29.8 Å². The van der Waals surface area contributed by atoms with E-state index in [9.17, 15) is 17.6 Å². The molecule has 1 aliphatic heterocycles. The molecule has 1 amide bonds. The maximum atomic E-state index is 13.8. The lowest BCUT2D eigenvalue weighted by Gasteiger charge is -2.28. The van der Waals surface area contributed by atoms with Crippen LogP contribution in [-0.2, 0) is 21.4 Å². The monoisotopic (exact) mass is 441 g/mol. The Morgan fingerprint density at radius 3 is 2.62 bits per heavy atom. The second-order valence-electron chi connectivity index (χ2n) is 5.84. The van der Waals surface area contributed by atoms with E-state index in [0.717, 1.165) is 23.9 Å². The molecule has 1 heterocycles. The quantitative estimate of drug-likeness (QED) is 0.743. The number of benzene rings is 2. The second kappa shape index (κ2) is 7.73. The van der Waals surface area contributed by atoms with Crippen LogP contribution in [0.1, 0.15) is 5.56 Å². The minimum Gasteiger partial charge on any atom is -0.360 e. The van der Waals surface area contributed by atoms with Gasteiger partial charge in [-0.2, -0.15) is 0 Å². The highest BCUT2D eigenvalue weighted by Crippen LogP contribution is 2.21. The first-order chi connectivity index (χ1) is 12.3. The largest absolute Gasteiger partial charge is 0.360 e. The molecule has 2 N–H and O–H groups in total. The first kappa shape index (κ1) is 18.8.